The molecule has 0 aliphatic carbocycles. The number of benzene rings is 2. The number of carbonyl (C=O) groups excluding carboxylic acids is 2. The Bertz CT molecular complexity index is 1180. The van der Waals surface area contributed by atoms with Crippen molar-refractivity contribution in [1.82, 2.24) is 9.62 Å². The number of para-hydroxylation sites is 1. The molecule has 2 aromatic carbocycles. The van der Waals surface area contributed by atoms with Gasteiger partial charge in [-0.2, -0.15) is 0 Å². The van der Waals surface area contributed by atoms with Crippen LogP contribution >= 0.6 is 0 Å². The minimum atomic E-state index is -4.80. The number of aromatic amines is 1. The lowest BCUT2D eigenvalue weighted by Crippen LogP contribution is -2.65. The van der Waals surface area contributed by atoms with E-state index < -0.39 is 28.3 Å². The summed E-state index contributed by atoms with van der Waals surface area (Å²) >= 11 is 0. The van der Waals surface area contributed by atoms with Gasteiger partial charge in [0.15, 0.2) is 22.3 Å². The Balaban J connectivity index is 0.000000207. The number of β-lactam (4-membered cyclic amide) rings is 1. The minimum absolute atomic E-state index is 0.0250. The van der Waals surface area contributed by atoms with Gasteiger partial charge in [0.1, 0.15) is 12.6 Å². The molecule has 0 spiro atoms. The van der Waals surface area contributed by atoms with E-state index >= 15 is 0 Å². The predicted octanol–water partition coefficient (Wildman–Crippen LogP) is 0.943. The average Bonchev–Trinajstić information content (AvgIpc) is 2.75. The van der Waals surface area contributed by atoms with E-state index in [1.807, 2.05) is 30.3 Å². The molecule has 1 fully saturated rings. The quantitative estimate of drug-likeness (QED) is 0.448. The topological polar surface area (TPSA) is 150 Å². The number of aromatic nitrogens is 1. The molecule has 1 saturated heterocycles. The van der Waals surface area contributed by atoms with E-state index in [0.717, 1.165) is 16.5 Å². The Hall–Kier alpha value is -3.70. The molecular formula is C20H19N3O7S. The highest BCUT2D eigenvalue weighted by atomic mass is 32.2. The number of fused-ring (bicyclic) bond motifs is 1. The molecule has 1 aromatic heterocycles. The Labute approximate surface area is 178 Å². The van der Waals surface area contributed by atoms with Crippen molar-refractivity contribution in [2.24, 2.45) is 0 Å². The van der Waals surface area contributed by atoms with Crippen LogP contribution < -0.4 is 10.3 Å². The smallest absolute Gasteiger partial charge is 0.408 e. The van der Waals surface area contributed by atoms with Crippen molar-refractivity contribution in [1.29, 1.82) is 0 Å². The lowest BCUT2D eigenvalue weighted by Gasteiger charge is -2.38. The SMILES string of the molecule is O=C(N[C@H]1CN(S(=O)(=O)[O-])C1=O)OCc1ccccc1.Oc1cccc2ccc[nH+]c12. The minimum Gasteiger partial charge on any atom is -0.731 e. The molecule has 3 aromatic rings. The first-order valence-electron chi connectivity index (χ1n) is 9.08. The highest BCUT2D eigenvalue weighted by Crippen LogP contribution is 2.18. The summed E-state index contributed by atoms with van der Waals surface area (Å²) in [5.41, 5.74) is 1.56. The van der Waals surface area contributed by atoms with E-state index in [1.165, 1.54) is 0 Å². The number of rotatable bonds is 4. The van der Waals surface area contributed by atoms with Crippen LogP contribution in [0.3, 0.4) is 0 Å². The average molecular weight is 445 g/mol. The summed E-state index contributed by atoms with van der Waals surface area (Å²) in [6.07, 6.45) is 0.942. The normalized spacial score (nSPS) is 15.5. The van der Waals surface area contributed by atoms with Crippen molar-refractivity contribution in [3.8, 4) is 5.75 Å². The Kier molecular flexibility index (Phi) is 6.68. The molecule has 3 N–H and O–H groups in total. The molecule has 0 unspecified atom stereocenters. The third-order valence-electron chi connectivity index (χ3n) is 4.34. The first-order valence-corrected chi connectivity index (χ1v) is 10.5. The zero-order valence-electron chi connectivity index (χ0n) is 16.1. The molecule has 4 rings (SSSR count). The molecule has 162 valence electrons. The monoisotopic (exact) mass is 445 g/mol. The number of phenolic OH excluding ortho intramolecular Hbond substituents is 1. The number of hydrogen-bond acceptors (Lipinski definition) is 7. The summed E-state index contributed by atoms with van der Waals surface area (Å²) < 4.78 is 36.7. The number of nitrogens with one attached hydrogen (secondary N) is 2. The summed E-state index contributed by atoms with van der Waals surface area (Å²) in [7, 11) is -4.80. The van der Waals surface area contributed by atoms with Gasteiger partial charge in [-0.15, -0.1) is 0 Å². The van der Waals surface area contributed by atoms with E-state index in [2.05, 4.69) is 10.3 Å². The molecule has 2 amide bonds. The van der Waals surface area contributed by atoms with E-state index in [4.69, 9.17) is 4.74 Å². The van der Waals surface area contributed by atoms with Gasteiger partial charge in [0, 0.05) is 6.07 Å². The summed E-state index contributed by atoms with van der Waals surface area (Å²) in [5, 5.41) is 12.5. The molecule has 1 aliphatic heterocycles. The Morgan fingerprint density at radius 3 is 2.52 bits per heavy atom. The second-order valence-electron chi connectivity index (χ2n) is 6.50. The van der Waals surface area contributed by atoms with Crippen molar-refractivity contribution in [2.45, 2.75) is 12.6 Å². The number of H-pyrrole nitrogens is 1. The van der Waals surface area contributed by atoms with Gasteiger partial charge in [0.25, 0.3) is 11.4 Å². The number of nitrogens with zero attached hydrogens (tertiary/aromatic N) is 1. The maximum atomic E-state index is 11.4. The van der Waals surface area contributed by atoms with E-state index in [-0.39, 0.29) is 17.5 Å². The van der Waals surface area contributed by atoms with Gasteiger partial charge in [0.2, 0.25) is 0 Å². The first-order chi connectivity index (χ1) is 14.8. The highest BCUT2D eigenvalue weighted by molar-refractivity contribution is 7.84. The number of phenols is 1. The van der Waals surface area contributed by atoms with Gasteiger partial charge < -0.3 is 19.7 Å². The molecule has 1 atom stereocenters. The van der Waals surface area contributed by atoms with Crippen LogP contribution in [0, 0.1) is 0 Å². The van der Waals surface area contributed by atoms with Crippen LogP contribution in [0.25, 0.3) is 10.9 Å². The molecular weight excluding hydrogens is 426 g/mol. The summed E-state index contributed by atoms with van der Waals surface area (Å²) in [6, 6.07) is 17.1. The molecule has 10 nitrogen and oxygen atoms in total. The molecule has 1 aliphatic rings. The van der Waals surface area contributed by atoms with Crippen LogP contribution in [-0.4, -0.2) is 47.0 Å². The standard InChI is InChI=1S/C11H12N2O6S.C9H7NO/c14-10-9(6-13(10)20(16,17)18)12-11(15)19-7-8-4-2-1-3-5-8;11-8-5-1-3-7-4-2-6-10-9(7)8/h1-5,9H,6-7H2,(H,12,15)(H,16,17,18);1-6,11H/t9-;/m0./s1. The van der Waals surface area contributed by atoms with E-state index in [9.17, 15) is 27.7 Å². The fraction of sp³-hybridized carbons (Fsp3) is 0.150. The first kappa shape index (κ1) is 22.0. The van der Waals surface area contributed by atoms with Crippen LogP contribution in [-0.2, 0) is 26.4 Å². The van der Waals surface area contributed by atoms with Gasteiger partial charge in [0.05, 0.1) is 11.9 Å². The molecule has 2 heterocycles. The number of amides is 2. The van der Waals surface area contributed by atoms with Crippen molar-refractivity contribution < 1.29 is 37.4 Å². The van der Waals surface area contributed by atoms with Crippen LogP contribution in [0.2, 0.25) is 0 Å². The van der Waals surface area contributed by atoms with Crippen LogP contribution in [0.15, 0.2) is 66.9 Å². The largest absolute Gasteiger partial charge is 0.731 e. The van der Waals surface area contributed by atoms with Crippen LogP contribution in [0.5, 0.6) is 5.75 Å². The maximum absolute atomic E-state index is 11.4. The lowest BCUT2D eigenvalue weighted by atomic mass is 10.2. The predicted molar refractivity (Wildman–Crippen MR) is 107 cm³/mol. The van der Waals surface area contributed by atoms with E-state index in [0.29, 0.717) is 5.75 Å². The van der Waals surface area contributed by atoms with Gasteiger partial charge in [-0.05, 0) is 23.8 Å². The third kappa shape index (κ3) is 5.68. The fourth-order valence-corrected chi connectivity index (χ4v) is 3.43. The highest BCUT2D eigenvalue weighted by Gasteiger charge is 2.41. The van der Waals surface area contributed by atoms with Crippen molar-refractivity contribution >= 4 is 33.2 Å². The van der Waals surface area contributed by atoms with Gasteiger partial charge >= 0.3 is 6.09 Å². The van der Waals surface area contributed by atoms with Gasteiger partial charge in [-0.1, -0.05) is 36.4 Å². The van der Waals surface area contributed by atoms with Gasteiger partial charge in [-0.25, -0.2) is 22.5 Å². The maximum Gasteiger partial charge on any atom is 0.408 e. The molecule has 11 heteroatoms. The fourth-order valence-electron chi connectivity index (χ4n) is 2.75. The van der Waals surface area contributed by atoms with Crippen LogP contribution in [0.4, 0.5) is 4.79 Å². The number of ether oxygens (including phenoxy) is 1. The number of aromatic hydroxyl groups is 1. The molecule has 0 bridgehead atoms. The second-order valence-corrected chi connectivity index (χ2v) is 7.79. The zero-order chi connectivity index (χ0) is 22.4. The van der Waals surface area contributed by atoms with Crippen LogP contribution in [0.1, 0.15) is 5.56 Å². The Morgan fingerprint density at radius 2 is 1.87 bits per heavy atom. The second kappa shape index (κ2) is 9.41. The van der Waals surface area contributed by atoms with Crippen molar-refractivity contribution in [3.05, 3.63) is 72.4 Å². The lowest BCUT2D eigenvalue weighted by molar-refractivity contribution is -0.345. The molecule has 0 radical (unpaired) electrons. The number of carbonyl (C=O) groups is 2. The number of pyridine rings is 1. The summed E-state index contributed by atoms with van der Waals surface area (Å²) in [6.45, 7) is -0.345. The Morgan fingerprint density at radius 1 is 1.16 bits per heavy atom. The third-order valence-corrected chi connectivity index (χ3v) is 5.21. The van der Waals surface area contributed by atoms with Crippen molar-refractivity contribution in [3.63, 3.8) is 0 Å². The van der Waals surface area contributed by atoms with Gasteiger partial charge in [-0.3, -0.25) is 4.79 Å². The van der Waals surface area contributed by atoms with E-state index in [1.54, 1.807) is 36.5 Å². The van der Waals surface area contributed by atoms with Crippen molar-refractivity contribution in [2.75, 3.05) is 6.54 Å². The molecule has 31 heavy (non-hydrogen) atoms. The summed E-state index contributed by atoms with van der Waals surface area (Å²) in [5.74, 6) is -0.667. The summed E-state index contributed by atoms with van der Waals surface area (Å²) in [4.78, 5) is 25.7. The number of hydrogen-bond donors (Lipinski definition) is 2. The molecule has 0 saturated carbocycles. The zero-order valence-corrected chi connectivity index (χ0v) is 16.9. The number of alkyl carbamates (subject to hydrolysis) is 1.